The van der Waals surface area contributed by atoms with Crippen molar-refractivity contribution in [2.24, 2.45) is 34.0 Å². The Labute approximate surface area is 249 Å². The minimum absolute atomic E-state index is 0.0463. The first-order valence-corrected chi connectivity index (χ1v) is 17.3. The molecule has 5 rings (SSSR count). The van der Waals surface area contributed by atoms with Crippen LogP contribution in [0.2, 0.25) is 0 Å². The smallest absolute Gasteiger partial charge is 0.243 e. The summed E-state index contributed by atoms with van der Waals surface area (Å²) in [4.78, 5) is 5.43. The van der Waals surface area contributed by atoms with Gasteiger partial charge in [-0.15, -0.1) is 0 Å². The molecule has 10 nitrogen and oxygen atoms in total. The molecule has 2 heterocycles. The lowest BCUT2D eigenvalue weighted by molar-refractivity contribution is 0.173. The Hall–Kier alpha value is -2.80. The van der Waals surface area contributed by atoms with Crippen molar-refractivity contribution in [3.05, 3.63) is 65.6 Å². The normalized spacial score (nSPS) is 25.5. The number of rotatable bonds is 6. The lowest BCUT2D eigenvalue weighted by atomic mass is 9.83. The fraction of sp³-hybridized carbons (Fsp3) is 0.500. The molecule has 2 saturated heterocycles. The second-order valence-corrected chi connectivity index (χ2v) is 16.0. The van der Waals surface area contributed by atoms with E-state index in [1.54, 1.807) is 12.1 Å². The van der Waals surface area contributed by atoms with Crippen molar-refractivity contribution < 1.29 is 26.9 Å². The Morgan fingerprint density at radius 2 is 1.14 bits per heavy atom. The first-order valence-electron chi connectivity index (χ1n) is 14.4. The summed E-state index contributed by atoms with van der Waals surface area (Å²) in [7, 11) is -7.70. The van der Waals surface area contributed by atoms with Crippen molar-refractivity contribution in [2.45, 2.75) is 50.3 Å². The van der Waals surface area contributed by atoms with Crippen LogP contribution in [0.4, 0.5) is 0 Å². The summed E-state index contributed by atoms with van der Waals surface area (Å²) in [5.41, 5.74) is 2.04. The standard InChI is InChI=1S/C30H39N4O6S2/c1-6-40-32-30-25-9-7-23(41(36,37)33-15-19(2)11-20(3)16-33)13-27(25)29(31-35)28-14-24(8-10-26(28)30)42(38,39)34-17-21(4)12-22(5)18-34/h7-10,13-14,19-22,35H,1,6,11-12,15-18H2,2-5H3/t19-,20+,21-,22+. The first-order chi connectivity index (χ1) is 19.9. The van der Waals surface area contributed by atoms with E-state index in [1.807, 2.05) is 27.7 Å². The fourth-order valence-electron chi connectivity index (χ4n) is 6.68. The minimum atomic E-state index is -3.85. The zero-order chi connectivity index (χ0) is 30.4. The third kappa shape index (κ3) is 5.61. The van der Waals surface area contributed by atoms with E-state index in [2.05, 4.69) is 17.2 Å². The molecule has 1 radical (unpaired) electrons. The van der Waals surface area contributed by atoms with E-state index < -0.39 is 20.0 Å². The zero-order valence-corrected chi connectivity index (χ0v) is 26.2. The maximum absolute atomic E-state index is 13.7. The lowest BCUT2D eigenvalue weighted by Gasteiger charge is -2.34. The average Bonchev–Trinajstić information content (AvgIpc) is 2.93. The summed E-state index contributed by atoms with van der Waals surface area (Å²) in [5.74, 6) is 0.916. The van der Waals surface area contributed by atoms with E-state index in [9.17, 15) is 22.0 Å². The monoisotopic (exact) mass is 615 g/mol. The minimum Gasteiger partial charge on any atom is -0.410 e. The Morgan fingerprint density at radius 3 is 1.50 bits per heavy atom. The van der Waals surface area contributed by atoms with Crippen molar-refractivity contribution in [1.82, 2.24) is 8.61 Å². The van der Waals surface area contributed by atoms with Crippen LogP contribution in [0.1, 0.15) is 62.8 Å². The van der Waals surface area contributed by atoms with Gasteiger partial charge in [0.15, 0.2) is 0 Å². The Kier molecular flexibility index (Phi) is 8.54. The van der Waals surface area contributed by atoms with Crippen LogP contribution >= 0.6 is 0 Å². The fourth-order valence-corrected chi connectivity index (χ4v) is 10.1. The molecule has 0 amide bonds. The molecule has 2 aromatic carbocycles. The Morgan fingerprint density at radius 1 is 0.738 bits per heavy atom. The molecule has 12 heteroatoms. The predicted molar refractivity (Wildman–Crippen MR) is 161 cm³/mol. The van der Waals surface area contributed by atoms with Gasteiger partial charge in [-0.25, -0.2) is 16.8 Å². The molecule has 2 fully saturated rings. The van der Waals surface area contributed by atoms with Crippen LogP contribution in [0, 0.1) is 30.6 Å². The van der Waals surface area contributed by atoms with Gasteiger partial charge < -0.3 is 10.0 Å². The summed E-state index contributed by atoms with van der Waals surface area (Å²) < 4.78 is 58.0. The van der Waals surface area contributed by atoms with Gasteiger partial charge in [-0.2, -0.15) is 8.61 Å². The third-order valence-corrected chi connectivity index (χ3v) is 12.0. The van der Waals surface area contributed by atoms with E-state index in [1.165, 1.54) is 32.9 Å². The van der Waals surface area contributed by atoms with Gasteiger partial charge in [0.1, 0.15) is 18.0 Å². The quantitative estimate of drug-likeness (QED) is 0.328. The average molecular weight is 616 g/mol. The largest absolute Gasteiger partial charge is 0.410 e. The highest BCUT2D eigenvalue weighted by atomic mass is 32.2. The molecule has 0 saturated carbocycles. The number of fused-ring (bicyclic) bond motifs is 2. The van der Waals surface area contributed by atoms with Gasteiger partial charge in [0, 0.05) is 48.4 Å². The van der Waals surface area contributed by atoms with Crippen LogP contribution in [0.3, 0.4) is 0 Å². The van der Waals surface area contributed by atoms with Crippen molar-refractivity contribution in [3.63, 3.8) is 0 Å². The van der Waals surface area contributed by atoms with Gasteiger partial charge in [-0.1, -0.05) is 50.1 Å². The van der Waals surface area contributed by atoms with Crippen LogP contribution in [0.25, 0.3) is 0 Å². The molecule has 1 aliphatic carbocycles. The lowest BCUT2D eigenvalue weighted by Crippen LogP contribution is -2.42. The number of benzene rings is 2. The molecule has 0 spiro atoms. The molecule has 42 heavy (non-hydrogen) atoms. The second-order valence-electron chi connectivity index (χ2n) is 12.2. The maximum Gasteiger partial charge on any atom is 0.243 e. The van der Waals surface area contributed by atoms with E-state index in [0.29, 0.717) is 54.1 Å². The van der Waals surface area contributed by atoms with Gasteiger partial charge in [-0.05, 0) is 67.7 Å². The third-order valence-electron chi connectivity index (χ3n) is 8.30. The summed E-state index contributed by atoms with van der Waals surface area (Å²) in [6.45, 7) is 13.6. The van der Waals surface area contributed by atoms with Crippen molar-refractivity contribution in [3.8, 4) is 0 Å². The number of hydrogen-bond donors (Lipinski definition) is 1. The van der Waals surface area contributed by atoms with E-state index in [-0.39, 0.29) is 45.8 Å². The molecule has 2 aliphatic heterocycles. The van der Waals surface area contributed by atoms with Crippen LogP contribution in [0.5, 0.6) is 0 Å². The van der Waals surface area contributed by atoms with Crippen molar-refractivity contribution in [2.75, 3.05) is 32.8 Å². The van der Waals surface area contributed by atoms with Gasteiger partial charge in [0.25, 0.3) is 0 Å². The molecular formula is C30H39N4O6S2. The zero-order valence-electron chi connectivity index (χ0n) is 24.5. The first kappa shape index (κ1) is 30.7. The van der Waals surface area contributed by atoms with Gasteiger partial charge >= 0.3 is 0 Å². The van der Waals surface area contributed by atoms with Crippen LogP contribution in [0.15, 0.2) is 56.5 Å². The highest BCUT2D eigenvalue weighted by molar-refractivity contribution is 7.89. The summed E-state index contributed by atoms with van der Waals surface area (Å²) in [5, 5.41) is 18.1. The summed E-state index contributed by atoms with van der Waals surface area (Å²) in [6, 6.07) is 9.24. The Bertz CT molecular complexity index is 1510. The molecule has 4 atom stereocenters. The Balaban J connectivity index is 1.62. The number of hydrogen-bond acceptors (Lipinski definition) is 8. The second kappa shape index (κ2) is 11.7. The molecule has 0 aromatic heterocycles. The number of piperidine rings is 2. The van der Waals surface area contributed by atoms with Crippen LogP contribution < -0.4 is 0 Å². The van der Waals surface area contributed by atoms with Gasteiger partial charge in [0.2, 0.25) is 20.0 Å². The molecule has 3 aliphatic rings. The van der Waals surface area contributed by atoms with Crippen molar-refractivity contribution >= 4 is 31.5 Å². The molecule has 2 aromatic rings. The molecule has 0 bridgehead atoms. The van der Waals surface area contributed by atoms with Gasteiger partial charge in [0.05, 0.1) is 9.79 Å². The molecule has 1 N–H and O–H groups in total. The molecule has 227 valence electrons. The topological polar surface area (TPSA) is 129 Å². The number of sulfonamides is 2. The van der Waals surface area contributed by atoms with E-state index in [0.717, 1.165) is 12.8 Å². The highest BCUT2D eigenvalue weighted by Crippen LogP contribution is 2.35. The van der Waals surface area contributed by atoms with E-state index >= 15 is 0 Å². The number of nitrogens with zero attached hydrogens (tertiary/aromatic N) is 4. The van der Waals surface area contributed by atoms with Crippen molar-refractivity contribution in [1.29, 1.82) is 0 Å². The number of oxime groups is 2. The predicted octanol–water partition coefficient (Wildman–Crippen LogP) is 4.16. The molecule has 0 unspecified atom stereocenters. The van der Waals surface area contributed by atoms with Gasteiger partial charge in [-0.3, -0.25) is 0 Å². The highest BCUT2D eigenvalue weighted by Gasteiger charge is 2.36. The van der Waals surface area contributed by atoms with Crippen LogP contribution in [-0.4, -0.2) is 74.9 Å². The van der Waals surface area contributed by atoms with E-state index in [4.69, 9.17) is 4.84 Å². The molecular weight excluding hydrogens is 576 g/mol. The van der Waals surface area contributed by atoms with Crippen LogP contribution in [-0.2, 0) is 24.9 Å². The summed E-state index contributed by atoms with van der Waals surface area (Å²) in [6.07, 6.45) is 1.92. The maximum atomic E-state index is 13.7. The summed E-state index contributed by atoms with van der Waals surface area (Å²) >= 11 is 0. The SMILES string of the molecule is [CH2]CON=C1c2ccc(S(=O)(=O)N3C[C@H](C)C[C@H](C)C3)cc2C(=NO)c2cc(S(=O)(=O)N3C[C@H](C)C[C@H](C)C3)ccc21.